The number of methoxy groups -OCH3 is 1. The molecule has 2 aliphatic rings. The van der Waals surface area contributed by atoms with Crippen LogP contribution in [0.3, 0.4) is 0 Å². The molecule has 0 spiro atoms. The third-order valence-electron chi connectivity index (χ3n) is 5.80. The highest BCUT2D eigenvalue weighted by Gasteiger charge is 2.30. The Hall–Kier alpha value is -1.68. The fourth-order valence-electron chi connectivity index (χ4n) is 4.08. The molecule has 0 saturated carbocycles. The Morgan fingerprint density at radius 1 is 1.10 bits per heavy atom. The average Bonchev–Trinajstić information content (AvgIpc) is 2.74. The maximum Gasteiger partial charge on any atom is 0.281 e. The van der Waals surface area contributed by atoms with Crippen LogP contribution in [0.4, 0.5) is 0 Å². The number of hydrogen-bond acceptors (Lipinski definition) is 5. The standard InChI is InChI=1S/C21H33N3O5S/c1-22(2)30(26,27)24-13-10-20(11-14-24)29-19-8-6-18(7-9-19)21(25)23-12-4-5-17(15-23)16-28-3/h6-9,17,20H,4-5,10-16H2,1-3H3/t17-/m1/s1. The van der Waals surface area contributed by atoms with Gasteiger partial charge in [-0.2, -0.15) is 17.0 Å². The van der Waals surface area contributed by atoms with Crippen molar-refractivity contribution in [1.82, 2.24) is 13.5 Å². The topological polar surface area (TPSA) is 79.4 Å². The Morgan fingerprint density at radius 2 is 1.77 bits per heavy atom. The molecule has 1 atom stereocenters. The molecule has 3 rings (SSSR count). The SMILES string of the molecule is COC[C@@H]1CCCN(C(=O)c2ccc(OC3CCN(S(=O)(=O)N(C)C)CC3)cc2)C1. The van der Waals surface area contributed by atoms with E-state index in [1.165, 1.54) is 8.61 Å². The van der Waals surface area contributed by atoms with Gasteiger partial charge in [-0.1, -0.05) is 0 Å². The highest BCUT2D eigenvalue weighted by atomic mass is 32.2. The fourth-order valence-corrected chi connectivity index (χ4v) is 5.22. The lowest BCUT2D eigenvalue weighted by Crippen LogP contribution is -2.46. The molecule has 1 amide bonds. The molecular formula is C21H33N3O5S. The maximum absolute atomic E-state index is 12.8. The third-order valence-corrected chi connectivity index (χ3v) is 7.74. The minimum absolute atomic E-state index is 0.0305. The van der Waals surface area contributed by atoms with Crippen LogP contribution < -0.4 is 4.74 Å². The first-order chi connectivity index (χ1) is 14.3. The summed E-state index contributed by atoms with van der Waals surface area (Å²) in [7, 11) is 1.42. The Labute approximate surface area is 179 Å². The molecule has 168 valence electrons. The Balaban J connectivity index is 1.52. The van der Waals surface area contributed by atoms with Crippen molar-refractivity contribution in [3.8, 4) is 5.75 Å². The molecule has 1 aromatic carbocycles. The lowest BCUT2D eigenvalue weighted by molar-refractivity contribution is 0.0571. The number of nitrogens with zero attached hydrogens (tertiary/aromatic N) is 3. The van der Waals surface area contributed by atoms with Crippen LogP contribution in [-0.2, 0) is 14.9 Å². The van der Waals surface area contributed by atoms with Gasteiger partial charge in [0.05, 0.1) is 6.61 Å². The van der Waals surface area contributed by atoms with Gasteiger partial charge in [-0.25, -0.2) is 0 Å². The minimum Gasteiger partial charge on any atom is -0.490 e. The van der Waals surface area contributed by atoms with E-state index in [-0.39, 0.29) is 12.0 Å². The van der Waals surface area contributed by atoms with Crippen LogP contribution in [0.1, 0.15) is 36.0 Å². The van der Waals surface area contributed by atoms with Crippen molar-refractivity contribution in [3.63, 3.8) is 0 Å². The lowest BCUT2D eigenvalue weighted by atomic mass is 9.98. The molecule has 0 N–H and O–H groups in total. The van der Waals surface area contributed by atoms with Crippen LogP contribution in [-0.4, -0.2) is 87.9 Å². The normalized spacial score (nSPS) is 21.7. The Morgan fingerprint density at radius 3 is 2.37 bits per heavy atom. The van der Waals surface area contributed by atoms with E-state index >= 15 is 0 Å². The quantitative estimate of drug-likeness (QED) is 0.648. The number of carbonyl (C=O) groups excluding carboxylic acids is 1. The van der Waals surface area contributed by atoms with E-state index in [0.29, 0.717) is 49.8 Å². The summed E-state index contributed by atoms with van der Waals surface area (Å²) in [5.74, 6) is 1.15. The molecule has 0 unspecified atom stereocenters. The van der Waals surface area contributed by atoms with Gasteiger partial charge in [0.15, 0.2) is 0 Å². The van der Waals surface area contributed by atoms with E-state index in [4.69, 9.17) is 9.47 Å². The van der Waals surface area contributed by atoms with Gasteiger partial charge in [0, 0.05) is 52.9 Å². The zero-order valence-corrected chi connectivity index (χ0v) is 18.9. The number of piperidine rings is 2. The first kappa shape index (κ1) is 23.0. The van der Waals surface area contributed by atoms with Crippen molar-refractivity contribution in [3.05, 3.63) is 29.8 Å². The summed E-state index contributed by atoms with van der Waals surface area (Å²) in [6.45, 7) is 3.09. The predicted octanol–water partition coefficient (Wildman–Crippen LogP) is 1.83. The first-order valence-corrected chi connectivity index (χ1v) is 11.9. The second-order valence-electron chi connectivity index (χ2n) is 8.25. The van der Waals surface area contributed by atoms with Crippen LogP contribution in [0.5, 0.6) is 5.75 Å². The molecule has 2 fully saturated rings. The summed E-state index contributed by atoms with van der Waals surface area (Å²) < 4.78 is 38.4. The highest BCUT2D eigenvalue weighted by molar-refractivity contribution is 7.86. The summed E-state index contributed by atoms with van der Waals surface area (Å²) in [5.41, 5.74) is 0.660. The largest absolute Gasteiger partial charge is 0.490 e. The van der Waals surface area contributed by atoms with Crippen LogP contribution in [0, 0.1) is 5.92 Å². The average molecular weight is 440 g/mol. The molecule has 2 saturated heterocycles. The van der Waals surface area contributed by atoms with Gasteiger partial charge >= 0.3 is 0 Å². The number of carbonyl (C=O) groups is 1. The van der Waals surface area contributed by atoms with Gasteiger partial charge in [-0.3, -0.25) is 4.79 Å². The van der Waals surface area contributed by atoms with E-state index in [2.05, 4.69) is 0 Å². The summed E-state index contributed by atoms with van der Waals surface area (Å²) in [6, 6.07) is 7.27. The molecule has 30 heavy (non-hydrogen) atoms. The number of ether oxygens (including phenoxy) is 2. The Kier molecular flexibility index (Phi) is 7.73. The molecule has 8 nitrogen and oxygen atoms in total. The Bertz CT molecular complexity index is 802. The van der Waals surface area contributed by atoms with E-state index in [0.717, 1.165) is 25.9 Å². The molecular weight excluding hydrogens is 406 g/mol. The second-order valence-corrected chi connectivity index (χ2v) is 10.4. The van der Waals surface area contributed by atoms with E-state index in [9.17, 15) is 13.2 Å². The van der Waals surface area contributed by atoms with E-state index in [1.807, 2.05) is 29.2 Å². The number of hydrogen-bond donors (Lipinski definition) is 0. The number of amides is 1. The summed E-state index contributed by atoms with van der Waals surface area (Å²) in [6.07, 6.45) is 3.35. The summed E-state index contributed by atoms with van der Waals surface area (Å²) in [5, 5.41) is 0. The smallest absolute Gasteiger partial charge is 0.281 e. The third kappa shape index (κ3) is 5.51. The molecule has 2 aliphatic heterocycles. The van der Waals surface area contributed by atoms with E-state index < -0.39 is 10.2 Å². The fraction of sp³-hybridized carbons (Fsp3) is 0.667. The van der Waals surface area contributed by atoms with Crippen molar-refractivity contribution in [2.24, 2.45) is 5.92 Å². The summed E-state index contributed by atoms with van der Waals surface area (Å²) in [4.78, 5) is 14.7. The molecule has 0 aliphatic carbocycles. The number of likely N-dealkylation sites (tertiary alicyclic amines) is 1. The van der Waals surface area contributed by atoms with Gasteiger partial charge in [0.25, 0.3) is 16.1 Å². The number of benzene rings is 1. The van der Waals surface area contributed by atoms with Crippen LogP contribution in [0.25, 0.3) is 0 Å². The summed E-state index contributed by atoms with van der Waals surface area (Å²) >= 11 is 0. The van der Waals surface area contributed by atoms with Crippen LogP contribution in [0.2, 0.25) is 0 Å². The van der Waals surface area contributed by atoms with Crippen molar-refractivity contribution < 1.29 is 22.7 Å². The van der Waals surface area contributed by atoms with Crippen molar-refractivity contribution in [2.75, 3.05) is 54.0 Å². The monoisotopic (exact) mass is 439 g/mol. The van der Waals surface area contributed by atoms with Gasteiger partial charge in [0.2, 0.25) is 0 Å². The van der Waals surface area contributed by atoms with Gasteiger partial charge in [-0.05, 0) is 55.9 Å². The second kappa shape index (κ2) is 10.1. The number of rotatable bonds is 7. The van der Waals surface area contributed by atoms with E-state index in [1.54, 1.807) is 21.2 Å². The molecule has 0 bridgehead atoms. The van der Waals surface area contributed by atoms with Gasteiger partial charge < -0.3 is 14.4 Å². The first-order valence-electron chi connectivity index (χ1n) is 10.5. The van der Waals surface area contributed by atoms with Crippen LogP contribution in [0.15, 0.2) is 24.3 Å². The van der Waals surface area contributed by atoms with Crippen molar-refractivity contribution >= 4 is 16.1 Å². The van der Waals surface area contributed by atoms with Gasteiger partial charge in [-0.15, -0.1) is 0 Å². The van der Waals surface area contributed by atoms with Crippen molar-refractivity contribution in [1.29, 1.82) is 0 Å². The van der Waals surface area contributed by atoms with Crippen LogP contribution >= 0.6 is 0 Å². The molecule has 0 radical (unpaired) electrons. The predicted molar refractivity (Wildman–Crippen MR) is 115 cm³/mol. The zero-order valence-electron chi connectivity index (χ0n) is 18.1. The minimum atomic E-state index is -3.37. The maximum atomic E-state index is 12.8. The zero-order chi connectivity index (χ0) is 21.7. The molecule has 0 aromatic heterocycles. The highest BCUT2D eigenvalue weighted by Crippen LogP contribution is 2.23. The molecule has 1 aromatic rings. The molecule has 2 heterocycles. The van der Waals surface area contributed by atoms with Gasteiger partial charge in [0.1, 0.15) is 11.9 Å². The lowest BCUT2D eigenvalue weighted by Gasteiger charge is -2.33. The van der Waals surface area contributed by atoms with Crippen molar-refractivity contribution in [2.45, 2.75) is 31.8 Å². The molecule has 9 heteroatoms.